The first-order chi connectivity index (χ1) is 7.79. The Hall–Kier alpha value is -1.29. The van der Waals surface area contributed by atoms with Gasteiger partial charge >= 0.3 is 5.97 Å². The van der Waals surface area contributed by atoms with E-state index in [2.05, 4.69) is 0 Å². The Morgan fingerprint density at radius 2 is 2.18 bits per heavy atom. The van der Waals surface area contributed by atoms with E-state index in [1.54, 1.807) is 12.3 Å². The number of rotatable bonds is 4. The standard InChI is InChI=1S/C13H21NO3/c1-9(14)10(11-6-5-7-16-11)8-12(15)17-13(2,3)4/h5-7,9-10H,8,14H2,1-4H3/t9-,10+/m1/s1. The molecule has 0 spiro atoms. The number of ether oxygens (including phenoxy) is 1. The van der Waals surface area contributed by atoms with Gasteiger partial charge in [-0.2, -0.15) is 0 Å². The van der Waals surface area contributed by atoms with Gasteiger partial charge in [-0.05, 0) is 39.8 Å². The highest BCUT2D eigenvalue weighted by molar-refractivity contribution is 5.71. The molecule has 1 aromatic heterocycles. The molecule has 0 bridgehead atoms. The third-order valence-corrected chi connectivity index (χ3v) is 2.35. The second kappa shape index (κ2) is 5.36. The van der Waals surface area contributed by atoms with E-state index in [-0.39, 0.29) is 24.3 Å². The minimum Gasteiger partial charge on any atom is -0.469 e. The lowest BCUT2D eigenvalue weighted by Gasteiger charge is -2.23. The molecule has 0 aliphatic heterocycles. The Balaban J connectivity index is 2.66. The van der Waals surface area contributed by atoms with Crippen LogP contribution in [0.1, 0.15) is 45.8 Å². The third-order valence-electron chi connectivity index (χ3n) is 2.35. The van der Waals surface area contributed by atoms with Crippen molar-refractivity contribution >= 4 is 5.97 Å². The van der Waals surface area contributed by atoms with Crippen LogP contribution in [0, 0.1) is 0 Å². The maximum absolute atomic E-state index is 11.7. The predicted octanol–water partition coefficient (Wildman–Crippen LogP) is 2.44. The molecule has 2 atom stereocenters. The lowest BCUT2D eigenvalue weighted by molar-refractivity contribution is -0.155. The largest absolute Gasteiger partial charge is 0.469 e. The average Bonchev–Trinajstić information content (AvgIpc) is 2.63. The van der Waals surface area contributed by atoms with E-state index in [1.807, 2.05) is 33.8 Å². The van der Waals surface area contributed by atoms with Crippen molar-refractivity contribution in [3.63, 3.8) is 0 Å². The lowest BCUT2D eigenvalue weighted by atomic mass is 9.95. The van der Waals surface area contributed by atoms with Crippen LogP contribution in [0.2, 0.25) is 0 Å². The molecule has 1 aromatic rings. The monoisotopic (exact) mass is 239 g/mol. The third kappa shape index (κ3) is 4.61. The predicted molar refractivity (Wildman–Crippen MR) is 65.6 cm³/mol. The first kappa shape index (κ1) is 13.8. The van der Waals surface area contributed by atoms with E-state index >= 15 is 0 Å². The van der Waals surface area contributed by atoms with Crippen LogP contribution in [-0.4, -0.2) is 17.6 Å². The number of furan rings is 1. The van der Waals surface area contributed by atoms with Crippen molar-refractivity contribution in [3.05, 3.63) is 24.2 Å². The quantitative estimate of drug-likeness (QED) is 0.819. The number of carbonyl (C=O) groups is 1. The first-order valence-corrected chi connectivity index (χ1v) is 5.80. The minimum absolute atomic E-state index is 0.139. The summed E-state index contributed by atoms with van der Waals surface area (Å²) in [5.41, 5.74) is 5.40. The van der Waals surface area contributed by atoms with E-state index < -0.39 is 5.60 Å². The summed E-state index contributed by atoms with van der Waals surface area (Å²) >= 11 is 0. The van der Waals surface area contributed by atoms with Crippen LogP contribution >= 0.6 is 0 Å². The zero-order valence-corrected chi connectivity index (χ0v) is 10.9. The number of hydrogen-bond acceptors (Lipinski definition) is 4. The molecule has 2 N–H and O–H groups in total. The smallest absolute Gasteiger partial charge is 0.307 e. The Morgan fingerprint density at radius 3 is 2.59 bits per heavy atom. The Bertz CT molecular complexity index is 349. The normalized spacial score (nSPS) is 15.4. The molecule has 0 saturated carbocycles. The minimum atomic E-state index is -0.470. The van der Waals surface area contributed by atoms with Gasteiger partial charge in [-0.25, -0.2) is 0 Å². The van der Waals surface area contributed by atoms with Gasteiger partial charge in [0.1, 0.15) is 11.4 Å². The van der Waals surface area contributed by atoms with Gasteiger partial charge in [0.25, 0.3) is 0 Å². The summed E-state index contributed by atoms with van der Waals surface area (Å²) < 4.78 is 10.6. The average molecular weight is 239 g/mol. The number of carbonyl (C=O) groups excluding carboxylic acids is 1. The molecule has 0 aliphatic rings. The summed E-state index contributed by atoms with van der Waals surface area (Å²) in [6, 6.07) is 3.46. The zero-order chi connectivity index (χ0) is 13.1. The van der Waals surface area contributed by atoms with E-state index in [0.29, 0.717) is 0 Å². The molecule has 0 aromatic carbocycles. The molecule has 4 nitrogen and oxygen atoms in total. The molecule has 1 rings (SSSR count). The Kier molecular flexibility index (Phi) is 4.34. The van der Waals surface area contributed by atoms with Crippen molar-refractivity contribution in [1.82, 2.24) is 0 Å². The van der Waals surface area contributed by atoms with E-state index in [1.165, 1.54) is 0 Å². The van der Waals surface area contributed by atoms with Crippen molar-refractivity contribution in [2.24, 2.45) is 5.73 Å². The van der Waals surface area contributed by atoms with Crippen LogP contribution < -0.4 is 5.73 Å². The van der Waals surface area contributed by atoms with Crippen molar-refractivity contribution < 1.29 is 13.9 Å². The number of nitrogens with two attached hydrogens (primary N) is 1. The van der Waals surface area contributed by atoms with Gasteiger partial charge in [0.05, 0.1) is 12.7 Å². The van der Waals surface area contributed by atoms with Gasteiger partial charge in [0, 0.05) is 12.0 Å². The lowest BCUT2D eigenvalue weighted by Crippen LogP contribution is -2.30. The second-order valence-corrected chi connectivity index (χ2v) is 5.27. The molecule has 0 amide bonds. The maximum Gasteiger partial charge on any atom is 0.307 e. The van der Waals surface area contributed by atoms with Crippen LogP contribution in [0.15, 0.2) is 22.8 Å². The Morgan fingerprint density at radius 1 is 1.53 bits per heavy atom. The van der Waals surface area contributed by atoms with Crippen LogP contribution in [0.25, 0.3) is 0 Å². The maximum atomic E-state index is 11.7. The molecule has 0 fully saturated rings. The fourth-order valence-electron chi connectivity index (χ4n) is 1.61. The molecular formula is C13H21NO3. The van der Waals surface area contributed by atoms with E-state index in [9.17, 15) is 4.79 Å². The van der Waals surface area contributed by atoms with E-state index in [0.717, 1.165) is 5.76 Å². The highest BCUT2D eigenvalue weighted by atomic mass is 16.6. The summed E-state index contributed by atoms with van der Waals surface area (Å²) in [7, 11) is 0. The van der Waals surface area contributed by atoms with Gasteiger partial charge in [0.15, 0.2) is 0 Å². The van der Waals surface area contributed by atoms with E-state index in [4.69, 9.17) is 14.9 Å². The van der Waals surface area contributed by atoms with Gasteiger partial charge in [-0.1, -0.05) is 0 Å². The second-order valence-electron chi connectivity index (χ2n) is 5.27. The molecule has 96 valence electrons. The fourth-order valence-corrected chi connectivity index (χ4v) is 1.61. The van der Waals surface area contributed by atoms with Crippen molar-refractivity contribution in [3.8, 4) is 0 Å². The molecule has 4 heteroatoms. The number of esters is 1. The van der Waals surface area contributed by atoms with Gasteiger partial charge in [0.2, 0.25) is 0 Å². The summed E-state index contributed by atoms with van der Waals surface area (Å²) in [6.45, 7) is 7.40. The summed E-state index contributed by atoms with van der Waals surface area (Å²) in [4.78, 5) is 11.7. The molecule has 0 aliphatic carbocycles. The molecule has 17 heavy (non-hydrogen) atoms. The molecule has 1 heterocycles. The SMILES string of the molecule is C[C@@H](N)[C@H](CC(=O)OC(C)(C)C)c1ccco1. The Labute approximate surface area is 102 Å². The van der Waals surface area contributed by atoms with Crippen molar-refractivity contribution in [2.75, 3.05) is 0 Å². The van der Waals surface area contributed by atoms with Crippen molar-refractivity contribution in [1.29, 1.82) is 0 Å². The summed E-state index contributed by atoms with van der Waals surface area (Å²) in [6.07, 6.45) is 1.82. The van der Waals surface area contributed by atoms with Crippen LogP contribution in [0.3, 0.4) is 0 Å². The first-order valence-electron chi connectivity index (χ1n) is 5.80. The molecule has 0 radical (unpaired) electrons. The van der Waals surface area contributed by atoms with Gasteiger partial charge < -0.3 is 14.9 Å². The van der Waals surface area contributed by atoms with Crippen LogP contribution in [-0.2, 0) is 9.53 Å². The topological polar surface area (TPSA) is 65.5 Å². The highest BCUT2D eigenvalue weighted by Gasteiger charge is 2.25. The van der Waals surface area contributed by atoms with Crippen molar-refractivity contribution in [2.45, 2.75) is 51.7 Å². The molecule has 0 saturated heterocycles. The molecular weight excluding hydrogens is 218 g/mol. The zero-order valence-electron chi connectivity index (χ0n) is 10.9. The van der Waals surface area contributed by atoms with Gasteiger partial charge in [-0.3, -0.25) is 4.79 Å². The van der Waals surface area contributed by atoms with Crippen LogP contribution in [0.5, 0.6) is 0 Å². The molecule has 0 unspecified atom stereocenters. The highest BCUT2D eigenvalue weighted by Crippen LogP contribution is 2.24. The van der Waals surface area contributed by atoms with Gasteiger partial charge in [-0.15, -0.1) is 0 Å². The van der Waals surface area contributed by atoms with Crippen LogP contribution in [0.4, 0.5) is 0 Å². The summed E-state index contributed by atoms with van der Waals surface area (Å²) in [5.74, 6) is 0.335. The summed E-state index contributed by atoms with van der Waals surface area (Å²) in [5, 5.41) is 0. The fraction of sp³-hybridized carbons (Fsp3) is 0.615. The number of hydrogen-bond donors (Lipinski definition) is 1.